The molecule has 1 amide bonds. The second-order valence-electron chi connectivity index (χ2n) is 11.2. The van der Waals surface area contributed by atoms with Crippen molar-refractivity contribution in [2.45, 2.75) is 44.8 Å². The van der Waals surface area contributed by atoms with E-state index in [9.17, 15) is 14.0 Å². The van der Waals surface area contributed by atoms with Gasteiger partial charge in [-0.1, -0.05) is 60.7 Å². The highest BCUT2D eigenvalue weighted by Crippen LogP contribution is 2.44. The molecule has 1 heterocycles. The van der Waals surface area contributed by atoms with Crippen LogP contribution in [0.4, 0.5) is 9.18 Å². The third-order valence-corrected chi connectivity index (χ3v) is 8.10. The summed E-state index contributed by atoms with van der Waals surface area (Å²) < 4.78 is 37.7. The average molecular weight is 557 g/mol. The molecule has 1 N–H and O–H groups in total. The van der Waals surface area contributed by atoms with E-state index in [1.165, 1.54) is 19.2 Å². The zero-order chi connectivity index (χ0) is 29.4. The molecule has 3 aromatic rings. The van der Waals surface area contributed by atoms with Crippen LogP contribution in [0.15, 0.2) is 72.2 Å². The third-order valence-electron chi connectivity index (χ3n) is 8.10. The second-order valence-corrected chi connectivity index (χ2v) is 11.2. The summed E-state index contributed by atoms with van der Waals surface area (Å²) in [7, 11) is 0.396. The van der Waals surface area contributed by atoms with Gasteiger partial charge in [-0.3, -0.25) is 0 Å². The number of esters is 1. The molecule has 1 fully saturated rings. The first-order valence-electron chi connectivity index (χ1n) is 13.5. The number of alkyl carbamates (subject to hydrolysis) is 1. The Morgan fingerprint density at radius 3 is 2.10 bits per heavy atom. The summed E-state index contributed by atoms with van der Waals surface area (Å²) in [5, 5.41) is 2.78. The smallest absolute Gasteiger partial charge is 0.465 e. The van der Waals surface area contributed by atoms with Gasteiger partial charge in [0, 0.05) is 18.0 Å². The number of rotatable bonds is 7. The molecule has 1 aliphatic heterocycles. The molecule has 9 heteroatoms. The fourth-order valence-corrected chi connectivity index (χ4v) is 5.11. The van der Waals surface area contributed by atoms with Crippen LogP contribution < -0.4 is 5.32 Å². The predicted molar refractivity (Wildman–Crippen MR) is 155 cm³/mol. The van der Waals surface area contributed by atoms with Crippen molar-refractivity contribution in [3.05, 3.63) is 100 Å². The highest BCUT2D eigenvalue weighted by molar-refractivity contribution is 6.56. The van der Waals surface area contributed by atoms with Crippen LogP contribution in [0.2, 0.25) is 0 Å². The van der Waals surface area contributed by atoms with Crippen molar-refractivity contribution in [1.29, 1.82) is 0 Å². The molecule has 0 radical (unpaired) electrons. The van der Waals surface area contributed by atoms with Gasteiger partial charge in [-0.05, 0) is 67.6 Å². The van der Waals surface area contributed by atoms with Gasteiger partial charge in [0.25, 0.3) is 0 Å². The van der Waals surface area contributed by atoms with E-state index in [-0.39, 0.29) is 30.2 Å². The molecule has 3 aromatic carbocycles. The summed E-state index contributed by atoms with van der Waals surface area (Å²) in [6.45, 7) is 7.81. The molecule has 41 heavy (non-hydrogen) atoms. The van der Waals surface area contributed by atoms with Gasteiger partial charge in [0.1, 0.15) is 12.4 Å². The first kappa shape index (κ1) is 28.6. The van der Waals surface area contributed by atoms with Gasteiger partial charge in [-0.25, -0.2) is 14.0 Å². The summed E-state index contributed by atoms with van der Waals surface area (Å²) in [6.07, 6.45) is 0.943. The molecule has 0 bridgehead atoms. The Morgan fingerprint density at radius 1 is 0.951 bits per heavy atom. The van der Waals surface area contributed by atoms with Crippen molar-refractivity contribution in [2.24, 2.45) is 0 Å². The van der Waals surface area contributed by atoms with Crippen LogP contribution in [-0.4, -0.2) is 50.6 Å². The maximum absolute atomic E-state index is 15.0. The molecule has 1 saturated heterocycles. The molecule has 0 aromatic heterocycles. The van der Waals surface area contributed by atoms with Crippen molar-refractivity contribution >= 4 is 25.3 Å². The fraction of sp³-hybridized carbons (Fsp3) is 0.312. The van der Waals surface area contributed by atoms with Crippen molar-refractivity contribution < 1.29 is 32.8 Å². The van der Waals surface area contributed by atoms with E-state index in [1.807, 2.05) is 52.0 Å². The Labute approximate surface area is 239 Å². The number of benzene rings is 3. The first-order valence-corrected chi connectivity index (χ1v) is 13.5. The minimum Gasteiger partial charge on any atom is -0.465 e. The van der Waals surface area contributed by atoms with E-state index in [0.29, 0.717) is 5.47 Å². The zero-order valence-electron chi connectivity index (χ0n) is 23.8. The Morgan fingerprint density at radius 2 is 1.54 bits per heavy atom. The van der Waals surface area contributed by atoms with E-state index in [1.54, 1.807) is 6.08 Å². The first-order chi connectivity index (χ1) is 19.5. The van der Waals surface area contributed by atoms with E-state index in [2.05, 4.69) is 34.3 Å². The third kappa shape index (κ3) is 5.65. The molecule has 0 saturated carbocycles. The molecule has 2 aliphatic rings. The molecule has 0 spiro atoms. The number of methoxy groups -OCH3 is 1. The minimum atomic E-state index is -0.839. The van der Waals surface area contributed by atoms with Gasteiger partial charge in [0.05, 0.1) is 23.9 Å². The Bertz CT molecular complexity index is 1460. The minimum absolute atomic E-state index is 0.00824. The van der Waals surface area contributed by atoms with Crippen LogP contribution in [0.1, 0.15) is 60.7 Å². The number of carbonyl (C=O) groups excluding carboxylic acids is 2. The van der Waals surface area contributed by atoms with Crippen molar-refractivity contribution in [3.8, 4) is 11.1 Å². The van der Waals surface area contributed by atoms with E-state index >= 15 is 0 Å². The van der Waals surface area contributed by atoms with Crippen molar-refractivity contribution in [2.75, 3.05) is 20.3 Å². The molecule has 1 aliphatic carbocycles. The van der Waals surface area contributed by atoms with Gasteiger partial charge >= 0.3 is 19.2 Å². The van der Waals surface area contributed by atoms with Gasteiger partial charge in [0.2, 0.25) is 0 Å². The number of hydrogen-bond donors (Lipinski definition) is 1. The van der Waals surface area contributed by atoms with Crippen LogP contribution in [0, 0.1) is 5.82 Å². The number of amides is 1. The van der Waals surface area contributed by atoms with Crippen molar-refractivity contribution in [3.63, 3.8) is 0 Å². The lowest BCUT2D eigenvalue weighted by Gasteiger charge is -2.32. The topological polar surface area (TPSA) is 83.1 Å². The summed E-state index contributed by atoms with van der Waals surface area (Å²) in [6, 6.07) is 20.3. The Hall–Kier alpha value is -3.95. The lowest BCUT2D eigenvalue weighted by atomic mass is 9.77. The molecule has 0 unspecified atom stereocenters. The number of nitrogens with one attached hydrogen (secondary N) is 1. The summed E-state index contributed by atoms with van der Waals surface area (Å²) in [4.78, 5) is 24.7. The SMILES string of the molecule is COC(=O)c1ccc(C=C(CNC(=O)OCC2c3ccccc3-c3ccccc32)B2OC(C)(C)C(C)(C)O2)c(F)c1. The zero-order valence-corrected chi connectivity index (χ0v) is 23.8. The number of hydrogen-bond acceptors (Lipinski definition) is 6. The molecule has 7 nitrogen and oxygen atoms in total. The number of halogens is 1. The lowest BCUT2D eigenvalue weighted by Crippen LogP contribution is -2.41. The summed E-state index contributed by atoms with van der Waals surface area (Å²) in [5.41, 5.74) is 4.01. The average Bonchev–Trinajstić information content (AvgIpc) is 3.38. The molecular weight excluding hydrogens is 524 g/mol. The number of fused-ring (bicyclic) bond motifs is 3. The lowest BCUT2D eigenvalue weighted by molar-refractivity contribution is 0.00578. The van der Waals surface area contributed by atoms with Crippen LogP contribution in [0.5, 0.6) is 0 Å². The van der Waals surface area contributed by atoms with E-state index in [0.717, 1.165) is 28.3 Å². The van der Waals surface area contributed by atoms with E-state index < -0.39 is 36.2 Å². The van der Waals surface area contributed by atoms with Gasteiger partial charge < -0.3 is 24.1 Å². The van der Waals surface area contributed by atoms with E-state index in [4.69, 9.17) is 14.0 Å². The number of ether oxygens (including phenoxy) is 2. The van der Waals surface area contributed by atoms with Crippen LogP contribution in [0.25, 0.3) is 17.2 Å². The molecular formula is C32H33BFNO6. The van der Waals surface area contributed by atoms with Gasteiger partial charge in [-0.15, -0.1) is 0 Å². The Balaban J connectivity index is 1.32. The summed E-state index contributed by atoms with van der Waals surface area (Å²) >= 11 is 0. The highest BCUT2D eigenvalue weighted by Gasteiger charge is 2.52. The fourth-order valence-electron chi connectivity index (χ4n) is 5.11. The Kier molecular flexibility index (Phi) is 7.77. The van der Waals surface area contributed by atoms with Crippen molar-refractivity contribution in [1.82, 2.24) is 5.32 Å². The molecule has 5 rings (SSSR count). The molecule has 212 valence electrons. The summed E-state index contributed by atoms with van der Waals surface area (Å²) in [5.74, 6) is -1.33. The largest absolute Gasteiger partial charge is 0.492 e. The van der Waals surface area contributed by atoms with Crippen LogP contribution in [0.3, 0.4) is 0 Å². The predicted octanol–water partition coefficient (Wildman–Crippen LogP) is 6.17. The van der Waals surface area contributed by atoms with Gasteiger partial charge in [0.15, 0.2) is 0 Å². The van der Waals surface area contributed by atoms with Crippen LogP contribution >= 0.6 is 0 Å². The van der Waals surface area contributed by atoms with Crippen LogP contribution in [-0.2, 0) is 18.8 Å². The monoisotopic (exact) mass is 557 g/mol. The standard InChI is InChI=1S/C32H33BFNO6/c1-31(2)32(3,4)41-33(40-31)22(16-20-14-15-21(17-28(20)34)29(36)38-5)18-35-30(37)39-19-27-25-12-8-6-10-23(25)24-11-7-9-13-26(24)27/h6-17,27H,18-19H2,1-5H3,(H,35,37). The normalized spacial score (nSPS) is 17.1. The van der Waals surface area contributed by atoms with Gasteiger partial charge in [-0.2, -0.15) is 0 Å². The maximum atomic E-state index is 15.0. The maximum Gasteiger partial charge on any atom is 0.492 e. The highest BCUT2D eigenvalue weighted by atomic mass is 19.1. The second kappa shape index (κ2) is 11.1. The quantitative estimate of drug-likeness (QED) is 0.277. The number of carbonyl (C=O) groups is 2. The molecule has 0 atom stereocenters.